The number of rotatable bonds is 4. The van der Waals surface area contributed by atoms with Crippen molar-refractivity contribution in [3.05, 3.63) is 29.8 Å². The summed E-state index contributed by atoms with van der Waals surface area (Å²) in [6.45, 7) is 9.14. The lowest BCUT2D eigenvalue weighted by Gasteiger charge is -2.30. The minimum Gasteiger partial charge on any atom is -0.508 e. The molecule has 0 saturated carbocycles. The molecule has 0 aliphatic rings. The lowest BCUT2D eigenvalue weighted by Crippen LogP contribution is -2.20. The predicted octanol–water partition coefficient (Wildman–Crippen LogP) is 4.40. The molecule has 0 aliphatic carbocycles. The van der Waals surface area contributed by atoms with Crippen molar-refractivity contribution in [3.63, 3.8) is 0 Å². The van der Waals surface area contributed by atoms with Crippen molar-refractivity contribution in [3.8, 4) is 5.75 Å². The summed E-state index contributed by atoms with van der Waals surface area (Å²) >= 11 is 0. The van der Waals surface area contributed by atoms with Crippen LogP contribution in [0, 0.1) is 11.3 Å². The Bertz CT molecular complexity index is 322. The van der Waals surface area contributed by atoms with Gasteiger partial charge in [0.1, 0.15) is 5.75 Å². The van der Waals surface area contributed by atoms with Gasteiger partial charge in [0.25, 0.3) is 0 Å². The summed E-state index contributed by atoms with van der Waals surface area (Å²) in [5.74, 6) is 1.15. The molecule has 1 unspecified atom stereocenters. The van der Waals surface area contributed by atoms with Gasteiger partial charge in [0.2, 0.25) is 0 Å². The van der Waals surface area contributed by atoms with E-state index in [0.29, 0.717) is 17.1 Å². The Morgan fingerprint density at radius 1 is 1.19 bits per heavy atom. The van der Waals surface area contributed by atoms with Crippen molar-refractivity contribution >= 4 is 0 Å². The van der Waals surface area contributed by atoms with Crippen molar-refractivity contribution < 1.29 is 5.11 Å². The van der Waals surface area contributed by atoms with Crippen LogP contribution in [0.2, 0.25) is 0 Å². The molecule has 0 saturated heterocycles. The molecule has 0 radical (unpaired) electrons. The molecule has 0 aliphatic heterocycles. The van der Waals surface area contributed by atoms with Gasteiger partial charge in [-0.25, -0.2) is 0 Å². The van der Waals surface area contributed by atoms with E-state index in [1.54, 1.807) is 6.07 Å². The Balaban J connectivity index is 2.60. The van der Waals surface area contributed by atoms with Crippen LogP contribution in [0.15, 0.2) is 24.3 Å². The minimum absolute atomic E-state index is 0.360. The summed E-state index contributed by atoms with van der Waals surface area (Å²) in [5, 5.41) is 9.70. The molecule has 0 aromatic heterocycles. The van der Waals surface area contributed by atoms with Gasteiger partial charge in [-0.1, -0.05) is 52.3 Å². The van der Waals surface area contributed by atoms with Crippen molar-refractivity contribution in [1.29, 1.82) is 0 Å². The maximum absolute atomic E-state index is 9.70. The highest BCUT2D eigenvalue weighted by Gasteiger charge is 2.22. The molecule has 0 heterocycles. The van der Waals surface area contributed by atoms with Crippen LogP contribution < -0.4 is 0 Å². The van der Waals surface area contributed by atoms with Crippen LogP contribution in [0.3, 0.4) is 0 Å². The molecular weight excluding hydrogens is 196 g/mol. The zero-order valence-corrected chi connectivity index (χ0v) is 11.0. The lowest BCUT2D eigenvalue weighted by atomic mass is 9.76. The molecule has 1 aromatic carbocycles. The van der Waals surface area contributed by atoms with E-state index in [1.807, 2.05) is 18.2 Å². The average Bonchev–Trinajstić information content (AvgIpc) is 2.19. The van der Waals surface area contributed by atoms with E-state index in [1.165, 1.54) is 6.42 Å². The van der Waals surface area contributed by atoms with Crippen LogP contribution in [0.25, 0.3) is 0 Å². The van der Waals surface area contributed by atoms with E-state index in [9.17, 15) is 5.11 Å². The molecule has 0 fully saturated rings. The monoisotopic (exact) mass is 220 g/mol. The smallest absolute Gasteiger partial charge is 0.118 e. The number of phenols is 1. The first-order valence-electron chi connectivity index (χ1n) is 6.22. The Labute approximate surface area is 99.5 Å². The molecule has 1 nitrogen and oxygen atoms in total. The van der Waals surface area contributed by atoms with Crippen molar-refractivity contribution in [2.45, 2.75) is 47.0 Å². The molecule has 0 bridgehead atoms. The number of aromatic hydroxyl groups is 1. The highest BCUT2D eigenvalue weighted by molar-refractivity contribution is 5.31. The molecule has 1 heteroatoms. The number of para-hydroxylation sites is 1. The van der Waals surface area contributed by atoms with Crippen LogP contribution in [0.4, 0.5) is 0 Å². The summed E-state index contributed by atoms with van der Waals surface area (Å²) in [5.41, 5.74) is 1.43. The normalized spacial score (nSPS) is 13.8. The van der Waals surface area contributed by atoms with Gasteiger partial charge in [0.15, 0.2) is 0 Å². The third kappa shape index (κ3) is 3.55. The van der Waals surface area contributed by atoms with Gasteiger partial charge in [-0.2, -0.15) is 0 Å². The van der Waals surface area contributed by atoms with Crippen molar-refractivity contribution in [2.75, 3.05) is 0 Å². The number of hydrogen-bond acceptors (Lipinski definition) is 1. The number of hydrogen-bond donors (Lipinski definition) is 1. The first-order valence-corrected chi connectivity index (χ1v) is 6.22. The summed E-state index contributed by atoms with van der Waals surface area (Å²) < 4.78 is 0. The molecule has 0 spiro atoms. The van der Waals surface area contributed by atoms with Gasteiger partial charge in [0.05, 0.1) is 0 Å². The van der Waals surface area contributed by atoms with E-state index in [0.717, 1.165) is 18.4 Å². The fourth-order valence-electron chi connectivity index (χ4n) is 2.30. The summed E-state index contributed by atoms with van der Waals surface area (Å²) in [6.07, 6.45) is 3.33. The third-order valence-corrected chi connectivity index (χ3v) is 3.47. The fourth-order valence-corrected chi connectivity index (χ4v) is 2.30. The van der Waals surface area contributed by atoms with Crippen molar-refractivity contribution in [1.82, 2.24) is 0 Å². The predicted molar refractivity (Wildman–Crippen MR) is 69.7 cm³/mol. The van der Waals surface area contributed by atoms with Gasteiger partial charge < -0.3 is 5.11 Å². The largest absolute Gasteiger partial charge is 0.508 e. The molecule has 1 atom stereocenters. The highest BCUT2D eigenvalue weighted by Crippen LogP contribution is 2.33. The fraction of sp³-hybridized carbons (Fsp3) is 0.600. The van der Waals surface area contributed by atoms with E-state index in [2.05, 4.69) is 27.7 Å². The average molecular weight is 220 g/mol. The molecular formula is C15H24O. The molecule has 1 rings (SSSR count). The maximum atomic E-state index is 9.70. The standard InChI is InChI=1S/C15H24O/c1-5-13(15(2,3)4)11-10-12-8-6-7-9-14(12)16/h6-9,13,16H,5,10-11H2,1-4H3. The van der Waals surface area contributed by atoms with Gasteiger partial charge in [-0.05, 0) is 35.8 Å². The molecule has 90 valence electrons. The lowest BCUT2D eigenvalue weighted by molar-refractivity contribution is 0.218. The molecule has 0 amide bonds. The van der Waals surface area contributed by atoms with E-state index in [-0.39, 0.29) is 0 Å². The molecule has 16 heavy (non-hydrogen) atoms. The number of phenolic OH excluding ortho intramolecular Hbond substituents is 1. The Morgan fingerprint density at radius 2 is 1.81 bits per heavy atom. The summed E-state index contributed by atoms with van der Waals surface area (Å²) in [4.78, 5) is 0. The second-order valence-electron chi connectivity index (χ2n) is 5.64. The topological polar surface area (TPSA) is 20.2 Å². The quantitative estimate of drug-likeness (QED) is 0.797. The van der Waals surface area contributed by atoms with E-state index in [4.69, 9.17) is 0 Å². The van der Waals surface area contributed by atoms with E-state index < -0.39 is 0 Å². The Morgan fingerprint density at radius 3 is 2.31 bits per heavy atom. The molecule has 1 aromatic rings. The van der Waals surface area contributed by atoms with Crippen LogP contribution in [0.1, 0.15) is 46.1 Å². The van der Waals surface area contributed by atoms with Crippen LogP contribution in [-0.4, -0.2) is 5.11 Å². The highest BCUT2D eigenvalue weighted by atomic mass is 16.3. The molecule has 1 N–H and O–H groups in total. The summed E-state index contributed by atoms with van der Waals surface area (Å²) in [6, 6.07) is 7.66. The second-order valence-corrected chi connectivity index (χ2v) is 5.64. The zero-order valence-electron chi connectivity index (χ0n) is 11.0. The van der Waals surface area contributed by atoms with Crippen molar-refractivity contribution in [2.24, 2.45) is 11.3 Å². The van der Waals surface area contributed by atoms with Crippen LogP contribution >= 0.6 is 0 Å². The summed E-state index contributed by atoms with van der Waals surface area (Å²) in [7, 11) is 0. The SMILES string of the molecule is CCC(CCc1ccccc1O)C(C)(C)C. The van der Waals surface area contributed by atoms with Gasteiger partial charge in [-0.15, -0.1) is 0 Å². The number of aryl methyl sites for hydroxylation is 1. The third-order valence-electron chi connectivity index (χ3n) is 3.47. The van der Waals surface area contributed by atoms with Gasteiger partial charge >= 0.3 is 0 Å². The van der Waals surface area contributed by atoms with Gasteiger partial charge in [-0.3, -0.25) is 0 Å². The second kappa shape index (κ2) is 5.38. The maximum Gasteiger partial charge on any atom is 0.118 e. The van der Waals surface area contributed by atoms with Crippen LogP contribution in [-0.2, 0) is 6.42 Å². The van der Waals surface area contributed by atoms with E-state index >= 15 is 0 Å². The minimum atomic E-state index is 0.360. The van der Waals surface area contributed by atoms with Gasteiger partial charge in [0, 0.05) is 0 Å². The number of benzene rings is 1. The van der Waals surface area contributed by atoms with Crippen LogP contribution in [0.5, 0.6) is 5.75 Å². The zero-order chi connectivity index (χ0) is 12.2. The first-order chi connectivity index (χ1) is 7.45. The Hall–Kier alpha value is -0.980. The Kier molecular flexibility index (Phi) is 4.40. The first kappa shape index (κ1) is 13.1.